The largest absolute Gasteiger partial charge is 0.415 e. The van der Waals surface area contributed by atoms with Crippen molar-refractivity contribution in [1.29, 1.82) is 0 Å². The van der Waals surface area contributed by atoms with Crippen LogP contribution in [-0.4, -0.2) is 28.6 Å². The lowest BCUT2D eigenvalue weighted by Crippen LogP contribution is -2.40. The molecule has 2 heterocycles. The normalized spacial score (nSPS) is 15.2. The molecular weight excluding hydrogens is 343 g/mol. The first-order valence-electron chi connectivity index (χ1n) is 9.46. The molecule has 3 aromatic rings. The van der Waals surface area contributed by atoms with Crippen LogP contribution in [0.15, 0.2) is 60.8 Å². The van der Waals surface area contributed by atoms with Gasteiger partial charge in [0.1, 0.15) is 11.6 Å². The number of likely N-dealkylation sites (tertiary alicyclic amines) is 1. The number of carbonyl (C=O) groups is 1. The SMILES string of the molecule is O=C(Oc1ccccc1)N1CCC(CCn2ccc3c(F)cccc32)CC1. The smallest absolute Gasteiger partial charge is 0.410 e. The standard InChI is InChI=1S/C22H23FN2O2/c23-20-7-4-8-21-19(20)12-16-24(21)13-9-17-10-14-25(15-11-17)22(26)27-18-5-2-1-3-6-18/h1-8,12,16-17H,9-11,13-15H2. The van der Waals surface area contributed by atoms with Gasteiger partial charge in [0, 0.05) is 31.2 Å². The molecular formula is C22H23FN2O2. The van der Waals surface area contributed by atoms with Gasteiger partial charge in [-0.1, -0.05) is 24.3 Å². The van der Waals surface area contributed by atoms with Crippen LogP contribution in [0, 0.1) is 11.7 Å². The van der Waals surface area contributed by atoms with E-state index in [1.807, 2.05) is 36.5 Å². The summed E-state index contributed by atoms with van der Waals surface area (Å²) in [6.07, 6.45) is 4.66. The van der Waals surface area contributed by atoms with Gasteiger partial charge in [-0.05, 0) is 55.5 Å². The summed E-state index contributed by atoms with van der Waals surface area (Å²) in [5, 5.41) is 0.677. The monoisotopic (exact) mass is 366 g/mol. The molecule has 1 aromatic heterocycles. The van der Waals surface area contributed by atoms with Gasteiger partial charge in [0.15, 0.2) is 0 Å². The van der Waals surface area contributed by atoms with E-state index in [0.717, 1.165) is 44.4 Å². The summed E-state index contributed by atoms with van der Waals surface area (Å²) in [4.78, 5) is 14.0. The first-order chi connectivity index (χ1) is 13.2. The van der Waals surface area contributed by atoms with Crippen molar-refractivity contribution in [3.05, 3.63) is 66.6 Å². The van der Waals surface area contributed by atoms with E-state index in [2.05, 4.69) is 4.57 Å². The summed E-state index contributed by atoms with van der Waals surface area (Å²) in [5.74, 6) is 0.976. The number of halogens is 1. The molecule has 140 valence electrons. The van der Waals surface area contributed by atoms with E-state index in [0.29, 0.717) is 17.1 Å². The van der Waals surface area contributed by atoms with Crippen LogP contribution in [0.2, 0.25) is 0 Å². The molecule has 0 bridgehead atoms. The van der Waals surface area contributed by atoms with Gasteiger partial charge in [-0.15, -0.1) is 0 Å². The van der Waals surface area contributed by atoms with Crippen LogP contribution in [0.3, 0.4) is 0 Å². The average molecular weight is 366 g/mol. The van der Waals surface area contributed by atoms with Crippen LogP contribution in [-0.2, 0) is 6.54 Å². The number of carbonyl (C=O) groups excluding carboxylic acids is 1. The number of ether oxygens (including phenoxy) is 1. The quantitative estimate of drug-likeness (QED) is 0.645. The van der Waals surface area contributed by atoms with E-state index in [1.54, 1.807) is 23.1 Å². The maximum Gasteiger partial charge on any atom is 0.415 e. The van der Waals surface area contributed by atoms with Crippen molar-refractivity contribution in [2.75, 3.05) is 13.1 Å². The zero-order chi connectivity index (χ0) is 18.6. The number of benzene rings is 2. The number of hydrogen-bond acceptors (Lipinski definition) is 2. The minimum atomic E-state index is -0.272. The van der Waals surface area contributed by atoms with Crippen LogP contribution < -0.4 is 4.74 Å². The predicted octanol–water partition coefficient (Wildman–Crippen LogP) is 5.08. The van der Waals surface area contributed by atoms with Crippen LogP contribution in [0.5, 0.6) is 5.75 Å². The number of para-hydroxylation sites is 1. The van der Waals surface area contributed by atoms with Gasteiger partial charge in [-0.25, -0.2) is 9.18 Å². The fourth-order valence-corrected chi connectivity index (χ4v) is 3.76. The minimum absolute atomic E-state index is 0.170. The highest BCUT2D eigenvalue weighted by atomic mass is 19.1. The second-order valence-corrected chi connectivity index (χ2v) is 7.08. The second-order valence-electron chi connectivity index (χ2n) is 7.08. The zero-order valence-electron chi connectivity index (χ0n) is 15.2. The van der Waals surface area contributed by atoms with Gasteiger partial charge in [0.2, 0.25) is 0 Å². The first kappa shape index (κ1) is 17.6. The number of amides is 1. The molecule has 1 aliphatic rings. The van der Waals surface area contributed by atoms with Crippen LogP contribution in [0.25, 0.3) is 10.9 Å². The highest BCUT2D eigenvalue weighted by Gasteiger charge is 2.24. The number of aromatic nitrogens is 1. The second kappa shape index (κ2) is 7.82. The van der Waals surface area contributed by atoms with Crippen molar-refractivity contribution in [3.63, 3.8) is 0 Å². The third-order valence-electron chi connectivity index (χ3n) is 5.36. The molecule has 1 saturated heterocycles. The maximum atomic E-state index is 13.8. The van der Waals surface area contributed by atoms with Gasteiger partial charge in [-0.2, -0.15) is 0 Å². The van der Waals surface area contributed by atoms with Crippen molar-refractivity contribution in [1.82, 2.24) is 9.47 Å². The molecule has 4 rings (SSSR count). The summed E-state index contributed by atoms with van der Waals surface area (Å²) < 4.78 is 21.3. The number of nitrogens with zero attached hydrogens (tertiary/aromatic N) is 2. The van der Waals surface area contributed by atoms with E-state index >= 15 is 0 Å². The van der Waals surface area contributed by atoms with Crippen molar-refractivity contribution in [2.24, 2.45) is 5.92 Å². The topological polar surface area (TPSA) is 34.5 Å². The van der Waals surface area contributed by atoms with Gasteiger partial charge in [0.25, 0.3) is 0 Å². The molecule has 1 amide bonds. The number of rotatable bonds is 4. The molecule has 0 saturated carbocycles. The zero-order valence-corrected chi connectivity index (χ0v) is 15.2. The fraction of sp³-hybridized carbons (Fsp3) is 0.318. The molecule has 1 aliphatic heterocycles. The molecule has 5 heteroatoms. The van der Waals surface area contributed by atoms with Crippen LogP contribution in [0.1, 0.15) is 19.3 Å². The van der Waals surface area contributed by atoms with Crippen molar-refractivity contribution < 1.29 is 13.9 Å². The van der Waals surface area contributed by atoms with Gasteiger partial charge in [0.05, 0.1) is 5.52 Å². The van der Waals surface area contributed by atoms with Gasteiger partial charge >= 0.3 is 6.09 Å². The Morgan fingerprint density at radius 2 is 1.81 bits per heavy atom. The van der Waals surface area contributed by atoms with E-state index in [1.165, 1.54) is 6.07 Å². The molecule has 0 spiro atoms. The number of fused-ring (bicyclic) bond motifs is 1. The Morgan fingerprint density at radius 1 is 1.04 bits per heavy atom. The summed E-state index contributed by atoms with van der Waals surface area (Å²) in [6.45, 7) is 2.31. The summed E-state index contributed by atoms with van der Waals surface area (Å²) in [7, 11) is 0. The molecule has 4 nitrogen and oxygen atoms in total. The molecule has 1 fully saturated rings. The molecule has 2 aromatic carbocycles. The first-order valence-corrected chi connectivity index (χ1v) is 9.46. The van der Waals surface area contributed by atoms with Gasteiger partial charge < -0.3 is 14.2 Å². The summed E-state index contributed by atoms with van der Waals surface area (Å²) >= 11 is 0. The lowest BCUT2D eigenvalue weighted by Gasteiger charge is -2.31. The lowest BCUT2D eigenvalue weighted by atomic mass is 9.94. The molecule has 0 radical (unpaired) electrons. The average Bonchev–Trinajstić information content (AvgIpc) is 3.12. The Hall–Kier alpha value is -2.82. The van der Waals surface area contributed by atoms with Gasteiger partial charge in [-0.3, -0.25) is 0 Å². The number of hydrogen-bond donors (Lipinski definition) is 0. The molecule has 27 heavy (non-hydrogen) atoms. The van der Waals surface area contributed by atoms with Crippen molar-refractivity contribution in [3.8, 4) is 5.75 Å². The molecule has 0 unspecified atom stereocenters. The summed E-state index contributed by atoms with van der Waals surface area (Å²) in [6, 6.07) is 16.2. The molecule has 0 atom stereocenters. The van der Waals surface area contributed by atoms with Crippen molar-refractivity contribution in [2.45, 2.75) is 25.8 Å². The highest BCUT2D eigenvalue weighted by molar-refractivity contribution is 5.80. The Morgan fingerprint density at radius 3 is 2.59 bits per heavy atom. The minimum Gasteiger partial charge on any atom is -0.410 e. The Bertz CT molecular complexity index is 914. The third-order valence-corrected chi connectivity index (χ3v) is 5.36. The molecule has 0 aliphatic carbocycles. The van der Waals surface area contributed by atoms with E-state index in [4.69, 9.17) is 4.74 Å². The van der Waals surface area contributed by atoms with Crippen LogP contribution >= 0.6 is 0 Å². The Balaban J connectivity index is 1.28. The highest BCUT2D eigenvalue weighted by Crippen LogP contribution is 2.24. The maximum absolute atomic E-state index is 13.8. The van der Waals surface area contributed by atoms with Crippen molar-refractivity contribution >= 4 is 17.0 Å². The predicted molar refractivity (Wildman–Crippen MR) is 103 cm³/mol. The van der Waals surface area contributed by atoms with E-state index in [9.17, 15) is 9.18 Å². The Kier molecular flexibility index (Phi) is 5.10. The number of piperidine rings is 1. The fourth-order valence-electron chi connectivity index (χ4n) is 3.76. The summed E-state index contributed by atoms with van der Waals surface area (Å²) in [5.41, 5.74) is 0.943. The van der Waals surface area contributed by atoms with E-state index in [-0.39, 0.29) is 11.9 Å². The third kappa shape index (κ3) is 3.97. The lowest BCUT2D eigenvalue weighted by molar-refractivity contribution is 0.128. The molecule has 0 N–H and O–H groups in total. The van der Waals surface area contributed by atoms with E-state index < -0.39 is 0 Å². The van der Waals surface area contributed by atoms with Crippen LogP contribution in [0.4, 0.5) is 9.18 Å². The number of aryl methyl sites for hydroxylation is 1. The Labute approximate surface area is 158 Å².